The van der Waals surface area contributed by atoms with Gasteiger partial charge in [0, 0.05) is 13.1 Å². The summed E-state index contributed by atoms with van der Waals surface area (Å²) in [6, 6.07) is 19.2. The maximum Gasteiger partial charge on any atom is 0.416 e. The van der Waals surface area contributed by atoms with Crippen LogP contribution in [-0.4, -0.2) is 50.8 Å². The molecule has 0 aliphatic rings. The number of carbonyl (C=O) groups is 2. The first-order valence-corrected chi connectivity index (χ1v) is 14.2. The van der Waals surface area contributed by atoms with Crippen molar-refractivity contribution in [3.63, 3.8) is 0 Å². The van der Waals surface area contributed by atoms with Crippen LogP contribution in [0, 0.1) is 0 Å². The largest absolute Gasteiger partial charge is 0.416 e. The quantitative estimate of drug-likeness (QED) is 0.333. The number of nitrogens with one attached hydrogen (secondary N) is 1. The maximum atomic E-state index is 13.7. The maximum absolute atomic E-state index is 13.7. The third-order valence-corrected chi connectivity index (χ3v) is 8.06. The molecule has 1 N–H and O–H groups in total. The Balaban J connectivity index is 2.01. The molecule has 3 rings (SSSR count). The molecule has 40 heavy (non-hydrogen) atoms. The highest BCUT2D eigenvalue weighted by molar-refractivity contribution is 7.92. The van der Waals surface area contributed by atoms with Crippen LogP contribution in [0.1, 0.15) is 31.4 Å². The van der Waals surface area contributed by atoms with E-state index in [9.17, 15) is 31.2 Å². The fourth-order valence-corrected chi connectivity index (χ4v) is 5.48. The molecule has 0 aliphatic carbocycles. The summed E-state index contributed by atoms with van der Waals surface area (Å²) in [4.78, 5) is 27.6. The summed E-state index contributed by atoms with van der Waals surface area (Å²) in [5, 5.41) is 2.74. The van der Waals surface area contributed by atoms with Gasteiger partial charge in [-0.3, -0.25) is 13.9 Å². The van der Waals surface area contributed by atoms with Gasteiger partial charge in [0.25, 0.3) is 10.0 Å². The Hall–Kier alpha value is -3.86. The number of hydrogen-bond acceptors (Lipinski definition) is 4. The zero-order valence-electron chi connectivity index (χ0n) is 22.3. The zero-order chi connectivity index (χ0) is 29.3. The van der Waals surface area contributed by atoms with Crippen LogP contribution in [0.15, 0.2) is 89.8 Å². The van der Waals surface area contributed by atoms with Crippen LogP contribution in [0.4, 0.5) is 18.9 Å². The predicted molar refractivity (Wildman–Crippen MR) is 147 cm³/mol. The number of rotatable bonds is 12. The van der Waals surface area contributed by atoms with Gasteiger partial charge in [-0.2, -0.15) is 13.2 Å². The third kappa shape index (κ3) is 7.84. The molecule has 0 aromatic heterocycles. The molecule has 0 spiro atoms. The summed E-state index contributed by atoms with van der Waals surface area (Å²) in [5.41, 5.74) is -0.481. The minimum absolute atomic E-state index is 0.0887. The van der Waals surface area contributed by atoms with E-state index in [0.29, 0.717) is 29.8 Å². The molecule has 3 aromatic carbocycles. The Labute approximate surface area is 232 Å². The predicted octanol–water partition coefficient (Wildman–Crippen LogP) is 4.89. The molecule has 0 bridgehead atoms. The molecular formula is C29H32F3N3O4S. The average molecular weight is 576 g/mol. The molecule has 0 fully saturated rings. The second-order valence-electron chi connectivity index (χ2n) is 9.16. The fourth-order valence-electron chi connectivity index (χ4n) is 4.05. The molecule has 0 saturated heterocycles. The van der Waals surface area contributed by atoms with Crippen molar-refractivity contribution in [1.82, 2.24) is 10.2 Å². The van der Waals surface area contributed by atoms with Crippen molar-refractivity contribution in [3.8, 4) is 0 Å². The minimum Gasteiger partial charge on any atom is -0.354 e. The molecule has 2 amide bonds. The van der Waals surface area contributed by atoms with Crippen molar-refractivity contribution in [2.24, 2.45) is 0 Å². The number of carbonyl (C=O) groups excluding carboxylic acids is 2. The van der Waals surface area contributed by atoms with Gasteiger partial charge in [-0.05, 0) is 55.7 Å². The lowest BCUT2D eigenvalue weighted by Crippen LogP contribution is -2.52. The molecular weight excluding hydrogens is 543 g/mol. The highest BCUT2D eigenvalue weighted by atomic mass is 32.2. The van der Waals surface area contributed by atoms with E-state index in [-0.39, 0.29) is 17.1 Å². The fraction of sp³-hybridized carbons (Fsp3) is 0.310. The van der Waals surface area contributed by atoms with E-state index in [1.54, 1.807) is 6.07 Å². The molecule has 1 unspecified atom stereocenters. The van der Waals surface area contributed by atoms with Crippen molar-refractivity contribution in [2.75, 3.05) is 23.9 Å². The van der Waals surface area contributed by atoms with Gasteiger partial charge in [0.2, 0.25) is 11.8 Å². The van der Waals surface area contributed by atoms with Gasteiger partial charge in [0.15, 0.2) is 0 Å². The smallest absolute Gasteiger partial charge is 0.354 e. The molecule has 0 heterocycles. The molecule has 0 radical (unpaired) electrons. The van der Waals surface area contributed by atoms with Crippen LogP contribution < -0.4 is 9.62 Å². The van der Waals surface area contributed by atoms with Gasteiger partial charge < -0.3 is 10.2 Å². The van der Waals surface area contributed by atoms with Crippen LogP contribution >= 0.6 is 0 Å². The summed E-state index contributed by atoms with van der Waals surface area (Å²) in [6.45, 7) is 3.09. The van der Waals surface area contributed by atoms with Gasteiger partial charge >= 0.3 is 6.18 Å². The lowest BCUT2D eigenvalue weighted by atomic mass is 10.1. The molecule has 3 aromatic rings. The van der Waals surface area contributed by atoms with Crippen molar-refractivity contribution in [3.05, 3.63) is 96.1 Å². The topological polar surface area (TPSA) is 86.8 Å². The first-order chi connectivity index (χ1) is 18.9. The van der Waals surface area contributed by atoms with E-state index >= 15 is 0 Å². The Morgan fingerprint density at radius 1 is 0.925 bits per heavy atom. The average Bonchev–Trinajstić information content (AvgIpc) is 2.95. The summed E-state index contributed by atoms with van der Waals surface area (Å²) < 4.78 is 68.5. The van der Waals surface area contributed by atoms with E-state index in [1.807, 2.05) is 37.3 Å². The van der Waals surface area contributed by atoms with E-state index in [1.165, 1.54) is 42.2 Å². The van der Waals surface area contributed by atoms with Gasteiger partial charge in [-0.15, -0.1) is 0 Å². The first-order valence-electron chi connectivity index (χ1n) is 12.8. The van der Waals surface area contributed by atoms with Crippen LogP contribution in [0.2, 0.25) is 0 Å². The summed E-state index contributed by atoms with van der Waals surface area (Å²) >= 11 is 0. The number of alkyl halides is 3. The lowest BCUT2D eigenvalue weighted by molar-refractivity contribution is -0.138. The molecule has 11 heteroatoms. The Bertz CT molecular complexity index is 1380. The van der Waals surface area contributed by atoms with Crippen LogP contribution in [-0.2, 0) is 32.2 Å². The summed E-state index contributed by atoms with van der Waals surface area (Å²) in [5.74, 6) is -1.15. The van der Waals surface area contributed by atoms with Crippen molar-refractivity contribution < 1.29 is 31.2 Å². The second kappa shape index (κ2) is 13.5. The molecule has 0 saturated carbocycles. The minimum atomic E-state index is -4.73. The Morgan fingerprint density at radius 3 is 2.15 bits per heavy atom. The number of halogens is 3. The normalized spacial score (nSPS) is 12.4. The van der Waals surface area contributed by atoms with Crippen molar-refractivity contribution in [1.29, 1.82) is 0 Å². The van der Waals surface area contributed by atoms with E-state index < -0.39 is 46.2 Å². The van der Waals surface area contributed by atoms with E-state index in [0.717, 1.165) is 17.7 Å². The van der Waals surface area contributed by atoms with Crippen molar-refractivity contribution >= 4 is 27.5 Å². The highest BCUT2D eigenvalue weighted by Crippen LogP contribution is 2.33. The number of hydrogen-bond donors (Lipinski definition) is 1. The van der Waals surface area contributed by atoms with Crippen molar-refractivity contribution in [2.45, 2.75) is 43.8 Å². The zero-order valence-corrected chi connectivity index (χ0v) is 23.1. The van der Waals surface area contributed by atoms with Gasteiger partial charge in [0.1, 0.15) is 12.6 Å². The van der Waals surface area contributed by atoms with Crippen LogP contribution in [0.3, 0.4) is 0 Å². The monoisotopic (exact) mass is 575 g/mol. The second-order valence-corrected chi connectivity index (χ2v) is 11.0. The molecule has 1 atom stereocenters. The summed E-state index contributed by atoms with van der Waals surface area (Å²) in [6.07, 6.45) is -3.67. The Kier molecular flexibility index (Phi) is 10.3. The van der Waals surface area contributed by atoms with Crippen LogP contribution in [0.25, 0.3) is 0 Å². The standard InChI is InChI=1S/C29H32F3N3O4S/c1-3-18-33-28(37)22(2)34(19-17-23-11-6-4-7-12-23)27(36)21-35(40(38,39)26-15-8-5-9-16-26)25-14-10-13-24(20-25)29(30,31)32/h4-16,20,22H,3,17-19,21H2,1-2H3,(H,33,37). The van der Waals surface area contributed by atoms with Gasteiger partial charge in [-0.1, -0.05) is 61.5 Å². The molecule has 214 valence electrons. The van der Waals surface area contributed by atoms with E-state index in [4.69, 9.17) is 0 Å². The SMILES string of the molecule is CCCNC(=O)C(C)N(CCc1ccccc1)C(=O)CN(c1cccc(C(F)(F)F)c1)S(=O)(=O)c1ccccc1. The lowest BCUT2D eigenvalue weighted by Gasteiger charge is -2.32. The number of sulfonamides is 1. The third-order valence-electron chi connectivity index (χ3n) is 6.27. The number of anilines is 1. The summed E-state index contributed by atoms with van der Waals surface area (Å²) in [7, 11) is -4.45. The highest BCUT2D eigenvalue weighted by Gasteiger charge is 2.35. The Morgan fingerprint density at radius 2 is 1.55 bits per heavy atom. The molecule has 7 nitrogen and oxygen atoms in total. The van der Waals surface area contributed by atoms with Gasteiger partial charge in [0.05, 0.1) is 16.1 Å². The first kappa shape index (κ1) is 30.7. The number of amides is 2. The number of benzene rings is 3. The number of nitrogens with zero attached hydrogens (tertiary/aromatic N) is 2. The van der Waals surface area contributed by atoms with Crippen LogP contribution in [0.5, 0.6) is 0 Å². The van der Waals surface area contributed by atoms with E-state index in [2.05, 4.69) is 5.32 Å². The van der Waals surface area contributed by atoms with Gasteiger partial charge in [-0.25, -0.2) is 8.42 Å². The molecule has 0 aliphatic heterocycles.